The lowest BCUT2D eigenvalue weighted by atomic mass is 9.49. The van der Waals surface area contributed by atoms with Crippen LogP contribution in [-0.4, -0.2) is 25.8 Å². The smallest absolute Gasteiger partial charge is 0.383 e. The molecule has 0 aromatic carbocycles. The molecule has 0 amide bonds. The molecular formula is C16H14F6N4O. The first-order valence-electron chi connectivity index (χ1n) is 8.08. The zero-order chi connectivity index (χ0) is 19.8. The van der Waals surface area contributed by atoms with Crippen molar-refractivity contribution in [3.05, 3.63) is 29.8 Å². The molecule has 0 unspecified atom stereocenters. The standard InChI is InChI=1S/C16H14F6N4O/c17-15(18,19)9-1-8(5-24-12(9)23)10-6-26(14-2-7(3-14)4-14)13(25-10)11(27)16(20,21)22/h1,5-7,11,27H,2-4H2,(H2,23,24)/t7?,11-,14?/m0/s1. The van der Waals surface area contributed by atoms with Gasteiger partial charge in [-0.3, -0.25) is 0 Å². The molecule has 2 bridgehead atoms. The summed E-state index contributed by atoms with van der Waals surface area (Å²) in [6, 6.07) is 0.695. The molecule has 2 aromatic rings. The van der Waals surface area contributed by atoms with Crippen LogP contribution in [0.1, 0.15) is 36.8 Å². The summed E-state index contributed by atoms with van der Waals surface area (Å²) in [4.78, 5) is 7.30. The van der Waals surface area contributed by atoms with Gasteiger partial charge >= 0.3 is 12.4 Å². The van der Waals surface area contributed by atoms with Crippen molar-refractivity contribution in [3.63, 3.8) is 0 Å². The number of nitrogen functional groups attached to an aromatic ring is 1. The normalized spacial score (nSPS) is 25.7. The second kappa shape index (κ2) is 5.37. The van der Waals surface area contributed by atoms with Gasteiger partial charge in [-0.05, 0) is 31.2 Å². The van der Waals surface area contributed by atoms with Gasteiger partial charge in [0, 0.05) is 23.5 Å². The molecule has 3 fully saturated rings. The topological polar surface area (TPSA) is 77.0 Å². The molecule has 0 aliphatic heterocycles. The second-order valence-corrected chi connectivity index (χ2v) is 7.16. The molecule has 11 heteroatoms. The van der Waals surface area contributed by atoms with Crippen LogP contribution < -0.4 is 5.73 Å². The van der Waals surface area contributed by atoms with Crippen LogP contribution in [0.15, 0.2) is 18.5 Å². The minimum atomic E-state index is -4.94. The lowest BCUT2D eigenvalue weighted by molar-refractivity contribution is -0.212. The van der Waals surface area contributed by atoms with Gasteiger partial charge in [0.15, 0.2) is 0 Å². The zero-order valence-corrected chi connectivity index (χ0v) is 13.6. The van der Waals surface area contributed by atoms with E-state index in [9.17, 15) is 31.4 Å². The molecular weight excluding hydrogens is 378 g/mol. The van der Waals surface area contributed by atoms with Crippen molar-refractivity contribution in [3.8, 4) is 11.3 Å². The monoisotopic (exact) mass is 392 g/mol. The lowest BCUT2D eigenvalue weighted by Crippen LogP contribution is -2.59. The molecule has 5 nitrogen and oxygen atoms in total. The van der Waals surface area contributed by atoms with Crippen LogP contribution >= 0.6 is 0 Å². The Morgan fingerprint density at radius 1 is 1.19 bits per heavy atom. The number of halogens is 6. The highest BCUT2D eigenvalue weighted by Crippen LogP contribution is 2.63. The number of aliphatic hydroxyl groups is 1. The number of anilines is 1. The van der Waals surface area contributed by atoms with Gasteiger partial charge in [-0.15, -0.1) is 0 Å². The predicted octanol–water partition coefficient (Wildman–Crippen LogP) is 3.65. The van der Waals surface area contributed by atoms with Crippen LogP contribution in [0.5, 0.6) is 0 Å². The molecule has 0 saturated heterocycles. The molecule has 27 heavy (non-hydrogen) atoms. The van der Waals surface area contributed by atoms with E-state index in [0.29, 0.717) is 31.2 Å². The number of hydrogen-bond acceptors (Lipinski definition) is 4. The first-order valence-corrected chi connectivity index (χ1v) is 8.08. The van der Waals surface area contributed by atoms with Gasteiger partial charge < -0.3 is 15.4 Å². The van der Waals surface area contributed by atoms with E-state index in [-0.39, 0.29) is 11.3 Å². The highest BCUT2D eigenvalue weighted by Gasteiger charge is 2.59. The average molecular weight is 392 g/mol. The van der Waals surface area contributed by atoms with Crippen molar-refractivity contribution in [1.82, 2.24) is 14.5 Å². The highest BCUT2D eigenvalue weighted by molar-refractivity contribution is 5.62. The van der Waals surface area contributed by atoms with Gasteiger partial charge in [-0.2, -0.15) is 26.3 Å². The van der Waals surface area contributed by atoms with Gasteiger partial charge in [0.1, 0.15) is 11.6 Å². The van der Waals surface area contributed by atoms with E-state index in [0.717, 1.165) is 6.20 Å². The molecule has 1 atom stereocenters. The summed E-state index contributed by atoms with van der Waals surface area (Å²) in [6.07, 6.45) is -8.28. The minimum Gasteiger partial charge on any atom is -0.383 e. The Hall–Kier alpha value is -2.30. The van der Waals surface area contributed by atoms with Crippen LogP contribution in [0.3, 0.4) is 0 Å². The van der Waals surface area contributed by atoms with E-state index in [1.807, 2.05) is 0 Å². The zero-order valence-electron chi connectivity index (χ0n) is 13.6. The van der Waals surface area contributed by atoms with Gasteiger partial charge in [-0.25, -0.2) is 9.97 Å². The molecule has 3 aliphatic carbocycles. The average Bonchev–Trinajstić information content (AvgIpc) is 2.86. The van der Waals surface area contributed by atoms with Gasteiger partial charge in [0.2, 0.25) is 6.10 Å². The summed E-state index contributed by atoms with van der Waals surface area (Å²) in [7, 11) is 0. The Balaban J connectivity index is 1.81. The summed E-state index contributed by atoms with van der Waals surface area (Å²) < 4.78 is 79.5. The number of alkyl halides is 6. The maximum Gasteiger partial charge on any atom is 0.421 e. The Bertz CT molecular complexity index is 886. The first kappa shape index (κ1) is 18.1. The number of aliphatic hydroxyl groups excluding tert-OH is 1. The van der Waals surface area contributed by atoms with Gasteiger partial charge in [0.25, 0.3) is 0 Å². The quantitative estimate of drug-likeness (QED) is 0.782. The summed E-state index contributed by atoms with van der Waals surface area (Å²) in [5.74, 6) is -0.927. The number of aromatic nitrogens is 3. The summed E-state index contributed by atoms with van der Waals surface area (Å²) >= 11 is 0. The van der Waals surface area contributed by atoms with E-state index < -0.39 is 41.2 Å². The minimum absolute atomic E-state index is 0.127. The largest absolute Gasteiger partial charge is 0.421 e. The Morgan fingerprint density at radius 2 is 1.81 bits per heavy atom. The second-order valence-electron chi connectivity index (χ2n) is 7.16. The molecule has 2 heterocycles. The SMILES string of the molecule is Nc1ncc(-c2cn(C34CC(C3)C4)c([C@H](O)C(F)(F)F)n2)cc1C(F)(F)F. The third kappa shape index (κ3) is 2.75. The summed E-state index contributed by atoms with van der Waals surface area (Å²) in [6.45, 7) is 0. The molecule has 3 aliphatic rings. The van der Waals surface area contributed by atoms with E-state index in [1.165, 1.54) is 10.8 Å². The van der Waals surface area contributed by atoms with Crippen molar-refractivity contribution < 1.29 is 31.4 Å². The Kier molecular flexibility index (Phi) is 3.59. The van der Waals surface area contributed by atoms with E-state index in [1.54, 1.807) is 0 Å². The van der Waals surface area contributed by atoms with Crippen LogP contribution in [-0.2, 0) is 11.7 Å². The fourth-order valence-corrected chi connectivity index (χ4v) is 3.82. The van der Waals surface area contributed by atoms with Crippen molar-refractivity contribution in [1.29, 1.82) is 0 Å². The van der Waals surface area contributed by atoms with Crippen molar-refractivity contribution in [2.45, 2.75) is 43.3 Å². The fraction of sp³-hybridized carbons (Fsp3) is 0.500. The van der Waals surface area contributed by atoms with Crippen molar-refractivity contribution in [2.24, 2.45) is 5.92 Å². The predicted molar refractivity (Wildman–Crippen MR) is 81.2 cm³/mol. The number of nitrogens with zero attached hydrogens (tertiary/aromatic N) is 3. The molecule has 0 spiro atoms. The highest BCUT2D eigenvalue weighted by atomic mass is 19.4. The summed E-state index contributed by atoms with van der Waals surface area (Å²) in [5, 5.41) is 9.70. The molecule has 3 N–H and O–H groups in total. The fourth-order valence-electron chi connectivity index (χ4n) is 3.82. The van der Waals surface area contributed by atoms with Crippen LogP contribution in [0.25, 0.3) is 11.3 Å². The van der Waals surface area contributed by atoms with Crippen molar-refractivity contribution >= 4 is 5.82 Å². The third-order valence-electron chi connectivity index (χ3n) is 5.32. The lowest BCUT2D eigenvalue weighted by Gasteiger charge is -2.62. The maximum atomic E-state index is 13.0. The third-order valence-corrected chi connectivity index (χ3v) is 5.32. The Morgan fingerprint density at radius 3 is 2.30 bits per heavy atom. The number of imidazole rings is 1. The maximum absolute atomic E-state index is 13.0. The molecule has 146 valence electrons. The van der Waals surface area contributed by atoms with Gasteiger partial charge in [-0.1, -0.05) is 0 Å². The summed E-state index contributed by atoms with van der Waals surface area (Å²) in [5.41, 5.74) is 3.25. The van der Waals surface area contributed by atoms with Crippen LogP contribution in [0.4, 0.5) is 32.2 Å². The van der Waals surface area contributed by atoms with E-state index in [2.05, 4.69) is 9.97 Å². The van der Waals surface area contributed by atoms with E-state index in [4.69, 9.17) is 5.73 Å². The first-order chi connectivity index (χ1) is 12.4. The molecule has 3 saturated carbocycles. The van der Waals surface area contributed by atoms with Crippen molar-refractivity contribution in [2.75, 3.05) is 5.73 Å². The van der Waals surface area contributed by atoms with Crippen LogP contribution in [0, 0.1) is 5.92 Å². The Labute approximate surface area is 148 Å². The van der Waals surface area contributed by atoms with Crippen LogP contribution in [0.2, 0.25) is 0 Å². The molecule has 5 rings (SSSR count). The van der Waals surface area contributed by atoms with E-state index >= 15 is 0 Å². The number of nitrogens with two attached hydrogens (primary N) is 1. The molecule has 2 aromatic heterocycles. The van der Waals surface area contributed by atoms with Gasteiger partial charge in [0.05, 0.1) is 11.3 Å². The molecule has 0 radical (unpaired) electrons. The number of hydrogen-bond donors (Lipinski definition) is 2. The number of pyridine rings is 1. The number of rotatable bonds is 3.